The van der Waals surface area contributed by atoms with Gasteiger partial charge in [-0.05, 0) is 232 Å². The Kier molecular flexibility index (Phi) is 14.0. The van der Waals surface area contributed by atoms with Crippen molar-refractivity contribution in [3.8, 4) is 67.2 Å². The van der Waals surface area contributed by atoms with Crippen LogP contribution in [0, 0.1) is 0 Å². The van der Waals surface area contributed by atoms with Crippen molar-refractivity contribution < 1.29 is 0 Å². The Morgan fingerprint density at radius 1 is 0.179 bits per heavy atom. The molecule has 3 aromatic heterocycles. The molecule has 0 saturated heterocycles. The van der Waals surface area contributed by atoms with Crippen LogP contribution in [0.25, 0.3) is 101 Å². The van der Waals surface area contributed by atoms with Gasteiger partial charge in [-0.25, -0.2) is 0 Å². The van der Waals surface area contributed by atoms with E-state index in [1.807, 2.05) is 18.6 Å². The maximum Gasteiger partial charge on any atom is 0.0708 e. The lowest BCUT2D eigenvalue weighted by atomic mass is 9.78. The third-order valence-corrected chi connectivity index (χ3v) is 16.6. The summed E-state index contributed by atoms with van der Waals surface area (Å²) in [4.78, 5) is 14.5. The van der Waals surface area contributed by atoms with Crippen LogP contribution in [0.2, 0.25) is 0 Å². The van der Waals surface area contributed by atoms with Gasteiger partial charge in [-0.15, -0.1) is 0 Å². The molecule has 3 heteroatoms. The molecule has 13 rings (SSSR count). The summed E-state index contributed by atoms with van der Waals surface area (Å²) in [5, 5.41) is 0. The molecule has 0 N–H and O–H groups in total. The van der Waals surface area contributed by atoms with E-state index in [9.17, 15) is 0 Å². The molecule has 0 atom stereocenters. The molecule has 0 radical (unpaired) electrons. The summed E-state index contributed by atoms with van der Waals surface area (Å²) in [5.41, 5.74) is 30.7. The number of hydrogen-bond acceptors (Lipinski definition) is 3. The Morgan fingerprint density at radius 2 is 0.410 bits per heavy atom. The molecule has 0 spiro atoms. The van der Waals surface area contributed by atoms with Gasteiger partial charge in [0.1, 0.15) is 0 Å². The molecule has 0 unspecified atom stereocenters. The molecule has 0 saturated carbocycles. The second-order valence-electron chi connectivity index (χ2n) is 21.4. The number of hydrogen-bond donors (Lipinski definition) is 0. The van der Waals surface area contributed by atoms with E-state index in [1.54, 1.807) is 0 Å². The topological polar surface area (TPSA) is 38.7 Å². The number of allylic oxidation sites excluding steroid dienone is 6. The van der Waals surface area contributed by atoms with E-state index in [-0.39, 0.29) is 0 Å². The van der Waals surface area contributed by atoms with Gasteiger partial charge in [0.25, 0.3) is 0 Å². The van der Waals surface area contributed by atoms with Crippen LogP contribution in [-0.4, -0.2) is 15.0 Å². The van der Waals surface area contributed by atoms with Gasteiger partial charge in [0.15, 0.2) is 0 Å². The van der Waals surface area contributed by atoms with Gasteiger partial charge >= 0.3 is 0 Å². The molecular weight excluding hydrogens is 943 g/mol. The molecule has 78 heavy (non-hydrogen) atoms. The van der Waals surface area contributed by atoms with Gasteiger partial charge in [-0.2, -0.15) is 0 Å². The molecule has 3 nitrogen and oxygen atoms in total. The Labute approximate surface area is 460 Å². The van der Waals surface area contributed by atoms with Crippen LogP contribution in [0.3, 0.4) is 0 Å². The fraction of sp³-hybridized carbons (Fsp3) is 0.160. The van der Waals surface area contributed by atoms with Crippen molar-refractivity contribution in [2.45, 2.75) is 77.0 Å². The summed E-state index contributed by atoms with van der Waals surface area (Å²) in [7, 11) is 0. The van der Waals surface area contributed by atoms with Crippen molar-refractivity contribution >= 4 is 33.4 Å². The summed E-state index contributed by atoms with van der Waals surface area (Å²) >= 11 is 0. The molecule has 0 amide bonds. The highest BCUT2D eigenvalue weighted by Gasteiger charge is 2.24. The van der Waals surface area contributed by atoms with E-state index < -0.39 is 0 Å². The fourth-order valence-electron chi connectivity index (χ4n) is 12.5. The van der Waals surface area contributed by atoms with Crippen LogP contribution >= 0.6 is 0 Å². The number of nitrogens with zero attached hydrogens (tertiary/aromatic N) is 3. The van der Waals surface area contributed by atoms with Gasteiger partial charge < -0.3 is 0 Å². The van der Waals surface area contributed by atoms with Crippen molar-refractivity contribution in [2.24, 2.45) is 0 Å². The highest BCUT2D eigenvalue weighted by atomic mass is 14.7. The van der Waals surface area contributed by atoms with Crippen LogP contribution in [-0.2, 0) is 0 Å². The first-order valence-corrected chi connectivity index (χ1v) is 28.3. The van der Waals surface area contributed by atoms with Gasteiger partial charge in [0.05, 0.1) is 17.1 Å². The molecule has 3 heterocycles. The van der Waals surface area contributed by atoms with E-state index in [4.69, 9.17) is 15.0 Å². The molecule has 0 bridgehead atoms. The van der Waals surface area contributed by atoms with Crippen molar-refractivity contribution in [3.05, 3.63) is 270 Å². The highest BCUT2D eigenvalue weighted by Crippen LogP contribution is 2.46. The van der Waals surface area contributed by atoms with Gasteiger partial charge in [0, 0.05) is 35.3 Å². The van der Waals surface area contributed by atoms with E-state index in [1.165, 1.54) is 139 Å². The maximum absolute atomic E-state index is 4.84. The third kappa shape index (κ3) is 10.4. The predicted molar refractivity (Wildman–Crippen MR) is 328 cm³/mol. The summed E-state index contributed by atoms with van der Waals surface area (Å²) in [6.07, 6.45) is 19.4. The number of pyridine rings is 3. The van der Waals surface area contributed by atoms with Gasteiger partial charge in [0.2, 0.25) is 0 Å². The van der Waals surface area contributed by atoms with Crippen LogP contribution < -0.4 is 0 Å². The molecular formula is C75H63N3. The van der Waals surface area contributed by atoms with Crippen molar-refractivity contribution in [3.63, 3.8) is 0 Å². The lowest BCUT2D eigenvalue weighted by Gasteiger charge is -2.27. The van der Waals surface area contributed by atoms with E-state index in [2.05, 4.69) is 218 Å². The Hall–Kier alpha value is -8.79. The van der Waals surface area contributed by atoms with Crippen LogP contribution in [0.1, 0.15) is 110 Å². The van der Waals surface area contributed by atoms with Crippen LogP contribution in [0.15, 0.2) is 237 Å². The van der Waals surface area contributed by atoms with Crippen molar-refractivity contribution in [1.82, 2.24) is 15.0 Å². The zero-order valence-corrected chi connectivity index (χ0v) is 44.3. The van der Waals surface area contributed by atoms with Crippen molar-refractivity contribution in [1.29, 1.82) is 0 Å². The summed E-state index contributed by atoms with van der Waals surface area (Å²) in [6, 6.07) is 80.4. The Balaban J connectivity index is 0.904. The Morgan fingerprint density at radius 3 is 0.667 bits per heavy atom. The standard InChI is InChI=1S/C75H63N3/c1-4-16-52(17-5-1)61-40-43-76-73(49-61)58-34-28-55(29-35-58)67-22-10-13-25-70(67)64-46-65(71-26-14-11-23-68(71)56-30-36-59(37-31-56)74-50-62(41-44-77-74)53-18-6-2-7-19-53)48-66(47-64)72-27-15-12-24-69(72)57-32-38-60(39-33-57)75-51-63(42-45-78-75)54-20-8-3-9-21-54/h1-9,16-21,28-51H,10-15,22-27H2. The molecule has 378 valence electrons. The molecule has 7 aromatic carbocycles. The maximum atomic E-state index is 4.84. The zero-order chi connectivity index (χ0) is 52.0. The molecule has 3 aliphatic carbocycles. The average molecular weight is 1010 g/mol. The fourth-order valence-corrected chi connectivity index (χ4v) is 12.5. The van der Waals surface area contributed by atoms with E-state index in [0.29, 0.717) is 0 Å². The van der Waals surface area contributed by atoms with Crippen LogP contribution in [0.5, 0.6) is 0 Å². The smallest absolute Gasteiger partial charge is 0.0708 e. The number of rotatable bonds is 12. The number of benzene rings is 7. The van der Waals surface area contributed by atoms with Gasteiger partial charge in [-0.3, -0.25) is 15.0 Å². The van der Waals surface area contributed by atoms with E-state index >= 15 is 0 Å². The Bertz CT molecular complexity index is 3430. The molecule has 0 aliphatic heterocycles. The number of aromatic nitrogens is 3. The minimum atomic E-state index is 0.998. The first kappa shape index (κ1) is 48.8. The lowest BCUT2D eigenvalue weighted by molar-refractivity contribution is 0.749. The minimum absolute atomic E-state index is 0.998. The molecule has 10 aromatic rings. The SMILES string of the molecule is c1ccc(-c2ccnc(-c3ccc(C4=C(c5cc(C6=C(c7ccc(-c8cc(-c9ccccc9)ccn8)cc7)CCCC6)cc(C6=C(c7ccc(-c8cc(-c9ccccc9)ccn8)cc7)CCCC6)c5)CCCC4)cc3)c2)cc1. The van der Waals surface area contributed by atoms with E-state index in [0.717, 1.165) is 72.3 Å². The first-order valence-electron chi connectivity index (χ1n) is 28.3. The quantitative estimate of drug-likeness (QED) is 0.122. The predicted octanol–water partition coefficient (Wildman–Crippen LogP) is 20.3. The van der Waals surface area contributed by atoms with Gasteiger partial charge in [-0.1, -0.05) is 164 Å². The summed E-state index contributed by atoms with van der Waals surface area (Å²) in [6.45, 7) is 0. The highest BCUT2D eigenvalue weighted by molar-refractivity contribution is 5.99. The first-order chi connectivity index (χ1) is 38.6. The van der Waals surface area contributed by atoms with Crippen molar-refractivity contribution in [2.75, 3.05) is 0 Å². The minimum Gasteiger partial charge on any atom is -0.256 e. The zero-order valence-electron chi connectivity index (χ0n) is 44.3. The third-order valence-electron chi connectivity index (χ3n) is 16.6. The average Bonchev–Trinajstić information content (AvgIpc) is 3.56. The molecule has 3 aliphatic rings. The normalized spacial score (nSPS) is 14.9. The summed E-state index contributed by atoms with van der Waals surface area (Å²) in [5.74, 6) is 0. The lowest BCUT2D eigenvalue weighted by Crippen LogP contribution is -2.05. The second-order valence-corrected chi connectivity index (χ2v) is 21.4. The molecule has 0 fully saturated rings. The van der Waals surface area contributed by atoms with Crippen LogP contribution in [0.4, 0.5) is 0 Å². The second kappa shape index (κ2) is 22.4. The summed E-state index contributed by atoms with van der Waals surface area (Å²) < 4.78 is 0. The largest absolute Gasteiger partial charge is 0.256 e. The monoisotopic (exact) mass is 1010 g/mol.